The number of hydrogen-bond donors (Lipinski definition) is 3. The molecule has 0 atom stereocenters. The fourth-order valence-electron chi connectivity index (χ4n) is 5.69. The lowest BCUT2D eigenvalue weighted by Crippen LogP contribution is -2.31. The number of carbonyl (C=O) groups excluding carboxylic acids is 3. The Hall–Kier alpha value is -4.03. The summed E-state index contributed by atoms with van der Waals surface area (Å²) in [5, 5.41) is 13.8. The summed E-state index contributed by atoms with van der Waals surface area (Å²) in [5.74, 6) is -2.21. The Morgan fingerprint density at radius 3 is 1.83 bits per heavy atom. The van der Waals surface area contributed by atoms with E-state index in [-0.39, 0.29) is 99.9 Å². The SMILES string of the molecule is CC(C)(C)OC(=O)CCCCCCCCCCCCCc1cccc(S(=O)(=O)Cc2ncc(C(=O)NCCOCCOCC(=O)NCCOCCOCC(=O)O)cn2)c1. The molecule has 0 fully saturated rings. The Morgan fingerprint density at radius 1 is 0.695 bits per heavy atom. The number of hydrogen-bond acceptors (Lipinski definition) is 13. The number of carboxylic acid groups (broad SMARTS) is 1. The number of carbonyl (C=O) groups is 4. The molecule has 59 heavy (non-hydrogen) atoms. The molecule has 0 saturated heterocycles. The van der Waals surface area contributed by atoms with Gasteiger partial charge in [-0.15, -0.1) is 0 Å². The van der Waals surface area contributed by atoms with Crippen LogP contribution in [0.25, 0.3) is 0 Å². The molecule has 0 unspecified atom stereocenters. The Labute approximate surface area is 349 Å². The summed E-state index contributed by atoms with van der Waals surface area (Å²) in [7, 11) is -3.70. The second-order valence-corrected chi connectivity index (χ2v) is 17.1. The summed E-state index contributed by atoms with van der Waals surface area (Å²) >= 11 is 0. The quantitative estimate of drug-likeness (QED) is 0.0623. The first-order chi connectivity index (χ1) is 28.2. The summed E-state index contributed by atoms with van der Waals surface area (Å²) in [6.45, 7) is 6.80. The van der Waals surface area contributed by atoms with Crippen LogP contribution in [0.4, 0.5) is 0 Å². The molecule has 2 amide bonds. The van der Waals surface area contributed by atoms with Crippen LogP contribution < -0.4 is 10.6 Å². The third kappa shape index (κ3) is 26.6. The topological polar surface area (TPSA) is 219 Å². The molecule has 0 saturated carbocycles. The van der Waals surface area contributed by atoms with E-state index >= 15 is 0 Å². The van der Waals surface area contributed by atoms with E-state index in [4.69, 9.17) is 28.8 Å². The maximum absolute atomic E-state index is 13.2. The molecule has 1 heterocycles. The van der Waals surface area contributed by atoms with Crippen molar-refractivity contribution in [2.75, 3.05) is 65.9 Å². The zero-order valence-corrected chi connectivity index (χ0v) is 36.0. The third-order valence-electron chi connectivity index (χ3n) is 8.61. The van der Waals surface area contributed by atoms with Crippen LogP contribution in [0.2, 0.25) is 0 Å². The Balaban J connectivity index is 1.52. The van der Waals surface area contributed by atoms with Crippen LogP contribution in [0.5, 0.6) is 0 Å². The van der Waals surface area contributed by atoms with E-state index in [9.17, 15) is 27.6 Å². The van der Waals surface area contributed by atoms with E-state index < -0.39 is 27.3 Å². The lowest BCUT2D eigenvalue weighted by atomic mass is 10.0. The van der Waals surface area contributed by atoms with Gasteiger partial charge in [0.1, 0.15) is 30.4 Å². The summed E-state index contributed by atoms with van der Waals surface area (Å²) in [6, 6.07) is 7.02. The lowest BCUT2D eigenvalue weighted by Gasteiger charge is -2.19. The molecule has 2 aromatic rings. The number of amides is 2. The number of aliphatic carboxylic acids is 1. The third-order valence-corrected chi connectivity index (χ3v) is 10.2. The van der Waals surface area contributed by atoms with E-state index in [1.807, 2.05) is 26.8 Å². The molecule has 0 aliphatic rings. The molecule has 3 N–H and O–H groups in total. The van der Waals surface area contributed by atoms with Crippen LogP contribution in [-0.4, -0.2) is 119 Å². The Morgan fingerprint density at radius 2 is 1.24 bits per heavy atom. The van der Waals surface area contributed by atoms with Crippen molar-refractivity contribution in [1.29, 1.82) is 0 Å². The highest BCUT2D eigenvalue weighted by Gasteiger charge is 2.19. The maximum atomic E-state index is 13.2. The van der Waals surface area contributed by atoms with Gasteiger partial charge in [-0.1, -0.05) is 69.9 Å². The average Bonchev–Trinajstić information content (AvgIpc) is 3.18. The zero-order valence-electron chi connectivity index (χ0n) is 35.2. The summed E-state index contributed by atoms with van der Waals surface area (Å²) in [5.41, 5.74) is 0.745. The largest absolute Gasteiger partial charge is 0.480 e. The number of aromatic nitrogens is 2. The van der Waals surface area contributed by atoms with Gasteiger partial charge in [-0.2, -0.15) is 0 Å². The smallest absolute Gasteiger partial charge is 0.329 e. The highest BCUT2D eigenvalue weighted by Crippen LogP contribution is 2.19. The zero-order chi connectivity index (χ0) is 43.2. The lowest BCUT2D eigenvalue weighted by molar-refractivity contribution is -0.155. The van der Waals surface area contributed by atoms with Gasteiger partial charge in [0, 0.05) is 31.9 Å². The van der Waals surface area contributed by atoms with Crippen LogP contribution >= 0.6 is 0 Å². The molecule has 0 radical (unpaired) electrons. The van der Waals surface area contributed by atoms with Crippen LogP contribution in [0.3, 0.4) is 0 Å². The minimum absolute atomic E-state index is 0.0931. The molecule has 0 aliphatic heterocycles. The van der Waals surface area contributed by atoms with Gasteiger partial charge in [-0.05, 0) is 57.7 Å². The minimum atomic E-state index is -3.70. The van der Waals surface area contributed by atoms with Gasteiger partial charge in [-0.3, -0.25) is 14.4 Å². The maximum Gasteiger partial charge on any atom is 0.329 e. The van der Waals surface area contributed by atoms with Gasteiger partial charge in [0.15, 0.2) is 9.84 Å². The number of ether oxygens (including phenoxy) is 5. The monoisotopic (exact) mass is 850 g/mol. The van der Waals surface area contributed by atoms with Crippen molar-refractivity contribution in [1.82, 2.24) is 20.6 Å². The molecule has 2 rings (SSSR count). The van der Waals surface area contributed by atoms with Gasteiger partial charge in [0.25, 0.3) is 5.91 Å². The number of nitrogens with one attached hydrogen (secondary N) is 2. The number of nitrogens with zero attached hydrogens (tertiary/aromatic N) is 2. The molecule has 1 aromatic carbocycles. The number of carboxylic acids is 1. The minimum Gasteiger partial charge on any atom is -0.480 e. The second-order valence-electron chi connectivity index (χ2n) is 15.1. The standard InChI is InChI=1S/C42H66N4O12S/c1-42(2,3)58-40(50)19-14-12-10-8-6-4-5-7-9-11-13-16-34-17-15-18-36(28-34)59(52,53)33-37-45-29-35(30-46-37)41(51)44-21-23-55-24-26-56-31-38(47)43-20-22-54-25-27-57-32-39(48)49/h15,17-18,28-30H,4-14,16,19-27,31-33H2,1-3H3,(H,43,47)(H,44,51)(H,48,49). The summed E-state index contributed by atoms with van der Waals surface area (Å²) < 4.78 is 52.4. The molecule has 0 spiro atoms. The molecule has 0 aliphatic carbocycles. The first-order valence-electron chi connectivity index (χ1n) is 20.7. The van der Waals surface area contributed by atoms with Crippen LogP contribution in [0, 0.1) is 0 Å². The number of aryl methyl sites for hydroxylation is 1. The number of sulfone groups is 1. The van der Waals surface area contributed by atoms with Crippen molar-refractivity contribution < 1.29 is 56.4 Å². The number of unbranched alkanes of at least 4 members (excludes halogenated alkanes) is 10. The Kier molecular flexibility index (Phi) is 26.0. The first kappa shape index (κ1) is 51.1. The van der Waals surface area contributed by atoms with Crippen LogP contribution in [0.1, 0.15) is 120 Å². The van der Waals surface area contributed by atoms with Crippen molar-refractivity contribution in [2.45, 2.75) is 120 Å². The molecule has 1 aromatic heterocycles. The predicted octanol–water partition coefficient (Wildman–Crippen LogP) is 5.01. The average molecular weight is 851 g/mol. The van der Waals surface area contributed by atoms with Crippen molar-refractivity contribution in [3.63, 3.8) is 0 Å². The molecule has 16 nitrogen and oxygen atoms in total. The van der Waals surface area contributed by atoms with Gasteiger partial charge >= 0.3 is 11.9 Å². The van der Waals surface area contributed by atoms with Crippen LogP contribution in [-0.2, 0) is 60.1 Å². The molecule has 332 valence electrons. The van der Waals surface area contributed by atoms with E-state index in [1.165, 1.54) is 44.5 Å². The highest BCUT2D eigenvalue weighted by atomic mass is 32.2. The van der Waals surface area contributed by atoms with Crippen molar-refractivity contribution in [3.8, 4) is 0 Å². The van der Waals surface area contributed by atoms with Crippen molar-refractivity contribution in [2.24, 2.45) is 0 Å². The first-order valence-corrected chi connectivity index (χ1v) is 22.3. The molecular weight excluding hydrogens is 785 g/mol. The fraction of sp³-hybridized carbons (Fsp3) is 0.667. The number of rotatable bonds is 34. The normalized spacial score (nSPS) is 11.6. The molecule has 17 heteroatoms. The predicted molar refractivity (Wildman–Crippen MR) is 221 cm³/mol. The summed E-state index contributed by atoms with van der Waals surface area (Å²) in [4.78, 5) is 54.8. The van der Waals surface area contributed by atoms with E-state index in [2.05, 4.69) is 20.6 Å². The van der Waals surface area contributed by atoms with E-state index in [1.54, 1.807) is 18.2 Å². The number of benzene rings is 1. The van der Waals surface area contributed by atoms with Gasteiger partial charge in [0.2, 0.25) is 5.91 Å². The highest BCUT2D eigenvalue weighted by molar-refractivity contribution is 7.90. The second kappa shape index (κ2) is 30.1. The van der Waals surface area contributed by atoms with E-state index in [0.29, 0.717) is 6.42 Å². The summed E-state index contributed by atoms with van der Waals surface area (Å²) in [6.07, 6.45) is 16.3. The molecular formula is C42H66N4O12S. The van der Waals surface area contributed by atoms with E-state index in [0.717, 1.165) is 50.5 Å². The van der Waals surface area contributed by atoms with Gasteiger partial charge < -0.3 is 39.4 Å². The van der Waals surface area contributed by atoms with Crippen molar-refractivity contribution >= 4 is 33.6 Å². The van der Waals surface area contributed by atoms with Gasteiger partial charge in [0.05, 0.1) is 50.1 Å². The van der Waals surface area contributed by atoms with Gasteiger partial charge in [-0.25, -0.2) is 23.2 Å². The molecule has 0 bridgehead atoms. The van der Waals surface area contributed by atoms with Crippen molar-refractivity contribution in [3.05, 3.63) is 53.6 Å². The number of esters is 1. The Bertz CT molecular complexity index is 1620. The van der Waals surface area contributed by atoms with Crippen LogP contribution in [0.15, 0.2) is 41.6 Å². The fourth-order valence-corrected chi connectivity index (χ4v) is 6.97.